The highest BCUT2D eigenvalue weighted by Gasteiger charge is 2.42. The fourth-order valence-corrected chi connectivity index (χ4v) is 5.00. The fourth-order valence-electron chi connectivity index (χ4n) is 5.00. The molecule has 0 aromatic heterocycles. The maximum Gasteiger partial charge on any atom is 0.146 e. The normalized spacial score (nSPS) is 15.7. The second-order valence-corrected chi connectivity index (χ2v) is 9.45. The second-order valence-electron chi connectivity index (χ2n) is 9.45. The number of carbonyl (C=O) groups is 3. The quantitative estimate of drug-likeness (QED) is 0.268. The molecule has 4 heteroatoms. The predicted octanol–water partition coefficient (Wildman–Crippen LogP) is 6.06. The van der Waals surface area contributed by atoms with Gasteiger partial charge in [-0.15, -0.1) is 0 Å². The summed E-state index contributed by atoms with van der Waals surface area (Å²) in [4.78, 5) is 37.6. The van der Waals surface area contributed by atoms with Gasteiger partial charge in [-0.3, -0.25) is 14.4 Å². The van der Waals surface area contributed by atoms with E-state index in [1.165, 1.54) is 0 Å². The predicted molar refractivity (Wildman–Crippen MR) is 136 cm³/mol. The molecule has 0 heterocycles. The lowest BCUT2D eigenvalue weighted by atomic mass is 9.70. The fraction of sp³-hybridized carbons (Fsp3) is 0.323. The lowest BCUT2D eigenvalue weighted by molar-refractivity contribution is -0.143. The minimum atomic E-state index is -1.02. The van der Waals surface area contributed by atoms with Crippen molar-refractivity contribution in [3.63, 3.8) is 0 Å². The van der Waals surface area contributed by atoms with Gasteiger partial charge < -0.3 is 4.74 Å². The van der Waals surface area contributed by atoms with Crippen molar-refractivity contribution in [2.75, 3.05) is 6.61 Å². The number of ketones is 3. The summed E-state index contributed by atoms with van der Waals surface area (Å²) in [6.07, 6.45) is 2.17. The van der Waals surface area contributed by atoms with Crippen LogP contribution in [0.3, 0.4) is 0 Å². The van der Waals surface area contributed by atoms with Crippen LogP contribution in [0.2, 0.25) is 0 Å². The van der Waals surface area contributed by atoms with Gasteiger partial charge in [-0.25, -0.2) is 0 Å². The third-order valence-electron chi connectivity index (χ3n) is 7.18. The Morgan fingerprint density at radius 3 is 1.60 bits per heavy atom. The lowest BCUT2D eigenvalue weighted by Crippen LogP contribution is -2.40. The van der Waals surface area contributed by atoms with Crippen molar-refractivity contribution in [1.29, 1.82) is 0 Å². The summed E-state index contributed by atoms with van der Waals surface area (Å²) < 4.78 is 6.66. The van der Waals surface area contributed by atoms with E-state index in [0.717, 1.165) is 16.7 Å². The van der Waals surface area contributed by atoms with E-state index in [1.54, 1.807) is 6.92 Å². The Morgan fingerprint density at radius 2 is 1.17 bits per heavy atom. The molecule has 1 saturated carbocycles. The van der Waals surface area contributed by atoms with E-state index in [4.69, 9.17) is 4.74 Å². The molecule has 0 radical (unpaired) electrons. The lowest BCUT2D eigenvalue weighted by Gasteiger charge is -2.36. The maximum atomic E-state index is 12.8. The Hall–Kier alpha value is -3.37. The SMILES string of the molecule is CC1(CCC(=O)CCOC(c2ccccc2)(c2ccccc2)c2ccccc2)C(=O)CCCC1=O. The number of carbonyl (C=O) groups excluding carboxylic acids is 3. The van der Waals surface area contributed by atoms with Crippen molar-refractivity contribution in [2.24, 2.45) is 5.41 Å². The molecule has 1 aliphatic rings. The second kappa shape index (κ2) is 10.9. The molecule has 0 N–H and O–H groups in total. The molecular formula is C31H32O4. The average molecular weight is 469 g/mol. The van der Waals surface area contributed by atoms with Gasteiger partial charge in [0.2, 0.25) is 0 Å². The summed E-state index contributed by atoms with van der Waals surface area (Å²) in [7, 11) is 0. The summed E-state index contributed by atoms with van der Waals surface area (Å²) in [6, 6.07) is 30.1. The highest BCUT2D eigenvalue weighted by molar-refractivity contribution is 6.08. The molecule has 0 atom stereocenters. The first kappa shape index (κ1) is 24.7. The average Bonchev–Trinajstić information content (AvgIpc) is 2.90. The van der Waals surface area contributed by atoms with Gasteiger partial charge in [-0.1, -0.05) is 91.0 Å². The van der Waals surface area contributed by atoms with Crippen LogP contribution < -0.4 is 0 Å². The molecule has 3 aromatic rings. The van der Waals surface area contributed by atoms with Gasteiger partial charge in [0.15, 0.2) is 0 Å². The van der Waals surface area contributed by atoms with Gasteiger partial charge in [0.25, 0.3) is 0 Å². The summed E-state index contributed by atoms with van der Waals surface area (Å²) in [5.74, 6) is -0.0661. The van der Waals surface area contributed by atoms with Crippen LogP contribution in [-0.2, 0) is 24.7 Å². The zero-order chi connectivity index (χ0) is 24.7. The minimum absolute atomic E-state index is 0.000448. The first-order chi connectivity index (χ1) is 17.0. The van der Waals surface area contributed by atoms with Crippen molar-refractivity contribution < 1.29 is 19.1 Å². The Kier molecular flexibility index (Phi) is 7.72. The van der Waals surface area contributed by atoms with E-state index < -0.39 is 11.0 Å². The summed E-state index contributed by atoms with van der Waals surface area (Å²) in [5, 5.41) is 0. The zero-order valence-electron chi connectivity index (χ0n) is 20.2. The van der Waals surface area contributed by atoms with E-state index in [-0.39, 0.29) is 43.2 Å². The molecule has 0 saturated heterocycles. The number of hydrogen-bond acceptors (Lipinski definition) is 4. The number of benzene rings is 3. The van der Waals surface area contributed by atoms with Crippen LogP contribution in [0.15, 0.2) is 91.0 Å². The van der Waals surface area contributed by atoms with Crippen molar-refractivity contribution in [3.8, 4) is 0 Å². The van der Waals surface area contributed by atoms with Crippen molar-refractivity contribution in [1.82, 2.24) is 0 Å². The maximum absolute atomic E-state index is 12.8. The third-order valence-corrected chi connectivity index (χ3v) is 7.18. The molecule has 0 bridgehead atoms. The first-order valence-electron chi connectivity index (χ1n) is 12.4. The highest BCUT2D eigenvalue weighted by atomic mass is 16.5. The van der Waals surface area contributed by atoms with E-state index in [1.807, 2.05) is 91.0 Å². The van der Waals surface area contributed by atoms with Crippen LogP contribution in [0.1, 0.15) is 62.1 Å². The molecule has 1 aliphatic carbocycles. The van der Waals surface area contributed by atoms with Crippen LogP contribution >= 0.6 is 0 Å². The minimum Gasteiger partial charge on any atom is -0.360 e. The molecule has 4 rings (SSSR count). The molecule has 0 unspecified atom stereocenters. The van der Waals surface area contributed by atoms with Crippen LogP contribution in [0.25, 0.3) is 0 Å². The van der Waals surface area contributed by atoms with Crippen LogP contribution in [0.4, 0.5) is 0 Å². The van der Waals surface area contributed by atoms with Crippen LogP contribution in [-0.4, -0.2) is 24.0 Å². The van der Waals surface area contributed by atoms with Crippen LogP contribution in [0, 0.1) is 5.41 Å². The monoisotopic (exact) mass is 468 g/mol. The van der Waals surface area contributed by atoms with Crippen molar-refractivity contribution in [3.05, 3.63) is 108 Å². The van der Waals surface area contributed by atoms with Gasteiger partial charge >= 0.3 is 0 Å². The molecular weight excluding hydrogens is 436 g/mol. The highest BCUT2D eigenvalue weighted by Crippen LogP contribution is 2.40. The Bertz CT molecular complexity index is 1040. The Morgan fingerprint density at radius 1 is 0.743 bits per heavy atom. The zero-order valence-corrected chi connectivity index (χ0v) is 20.2. The van der Waals surface area contributed by atoms with Gasteiger partial charge in [-0.05, 0) is 36.5 Å². The molecule has 180 valence electrons. The van der Waals surface area contributed by atoms with Crippen molar-refractivity contribution in [2.45, 2.75) is 51.0 Å². The molecule has 3 aromatic carbocycles. The van der Waals surface area contributed by atoms with Gasteiger partial charge in [0.1, 0.15) is 23.0 Å². The smallest absolute Gasteiger partial charge is 0.146 e. The molecule has 0 amide bonds. The van der Waals surface area contributed by atoms with Gasteiger partial charge in [0, 0.05) is 25.7 Å². The largest absolute Gasteiger partial charge is 0.360 e. The topological polar surface area (TPSA) is 60.4 Å². The molecule has 0 spiro atoms. The molecule has 4 nitrogen and oxygen atoms in total. The standard InChI is InChI=1S/C31H32O4/c1-30(28(33)18-11-19-29(30)34)22-20-27(32)21-23-35-31(24-12-5-2-6-13-24,25-14-7-3-8-15-25)26-16-9-4-10-17-26/h2-10,12-17H,11,18-23H2,1H3. The van der Waals surface area contributed by atoms with E-state index in [0.29, 0.717) is 19.3 Å². The van der Waals surface area contributed by atoms with Gasteiger partial charge in [-0.2, -0.15) is 0 Å². The van der Waals surface area contributed by atoms with E-state index in [2.05, 4.69) is 0 Å². The van der Waals surface area contributed by atoms with Crippen LogP contribution in [0.5, 0.6) is 0 Å². The van der Waals surface area contributed by atoms with Crippen molar-refractivity contribution >= 4 is 17.3 Å². The van der Waals surface area contributed by atoms with E-state index >= 15 is 0 Å². The van der Waals surface area contributed by atoms with E-state index in [9.17, 15) is 14.4 Å². The number of hydrogen-bond donors (Lipinski definition) is 0. The molecule has 0 aliphatic heterocycles. The summed E-state index contributed by atoms with van der Waals surface area (Å²) in [6.45, 7) is 1.92. The number of ether oxygens (including phenoxy) is 1. The Balaban J connectivity index is 1.54. The Labute approximate surface area is 207 Å². The number of rotatable bonds is 10. The first-order valence-corrected chi connectivity index (χ1v) is 12.4. The third kappa shape index (κ3) is 5.18. The molecule has 35 heavy (non-hydrogen) atoms. The van der Waals surface area contributed by atoms with Gasteiger partial charge in [0.05, 0.1) is 12.0 Å². The summed E-state index contributed by atoms with van der Waals surface area (Å²) >= 11 is 0. The summed E-state index contributed by atoms with van der Waals surface area (Å²) in [5.41, 5.74) is 1.06. The molecule has 1 fully saturated rings. The number of Topliss-reactive ketones (excluding diaryl/α,β-unsaturated/α-hetero) is 3.